The first kappa shape index (κ1) is 15.1. The van der Waals surface area contributed by atoms with Gasteiger partial charge in [-0.25, -0.2) is 4.98 Å². The number of aromatic nitrogens is 2. The van der Waals surface area contributed by atoms with Gasteiger partial charge in [-0.15, -0.1) is 0 Å². The number of hydrogen-bond acceptors (Lipinski definition) is 3. The molecule has 0 spiro atoms. The summed E-state index contributed by atoms with van der Waals surface area (Å²) in [7, 11) is 5.33. The molecule has 1 aromatic heterocycles. The van der Waals surface area contributed by atoms with Crippen LogP contribution in [0.15, 0.2) is 42.5 Å². The van der Waals surface area contributed by atoms with E-state index < -0.39 is 0 Å². The standard InChI is InChI=1S/C18H19N3O2/c1-12-19-16-10-13(8-9-17(16)20(12)2)18(22)21(3)14-6-5-7-15(11-14)23-4/h5-11H,1-4H3. The topological polar surface area (TPSA) is 47.4 Å². The molecule has 0 aliphatic carbocycles. The van der Waals surface area contributed by atoms with Gasteiger partial charge in [-0.1, -0.05) is 6.07 Å². The lowest BCUT2D eigenvalue weighted by Crippen LogP contribution is -2.26. The zero-order valence-corrected chi connectivity index (χ0v) is 13.7. The van der Waals surface area contributed by atoms with Gasteiger partial charge in [-0.2, -0.15) is 0 Å². The van der Waals surface area contributed by atoms with Gasteiger partial charge in [0.1, 0.15) is 11.6 Å². The largest absolute Gasteiger partial charge is 0.497 e. The summed E-state index contributed by atoms with van der Waals surface area (Å²) in [6, 6.07) is 13.0. The lowest BCUT2D eigenvalue weighted by Gasteiger charge is -2.18. The summed E-state index contributed by atoms with van der Waals surface area (Å²) in [6.45, 7) is 1.95. The van der Waals surface area contributed by atoms with E-state index in [9.17, 15) is 4.79 Å². The van der Waals surface area contributed by atoms with Gasteiger partial charge in [0.2, 0.25) is 0 Å². The van der Waals surface area contributed by atoms with E-state index in [1.807, 2.05) is 61.0 Å². The Labute approximate surface area is 135 Å². The van der Waals surface area contributed by atoms with Crippen LogP contribution in [-0.2, 0) is 7.05 Å². The quantitative estimate of drug-likeness (QED) is 0.746. The maximum Gasteiger partial charge on any atom is 0.258 e. The number of ether oxygens (including phenoxy) is 1. The first-order valence-corrected chi connectivity index (χ1v) is 7.36. The van der Waals surface area contributed by atoms with Crippen molar-refractivity contribution < 1.29 is 9.53 Å². The normalized spacial score (nSPS) is 10.8. The van der Waals surface area contributed by atoms with E-state index >= 15 is 0 Å². The van der Waals surface area contributed by atoms with E-state index in [2.05, 4.69) is 4.98 Å². The number of amides is 1. The number of methoxy groups -OCH3 is 1. The fourth-order valence-electron chi connectivity index (χ4n) is 2.58. The molecule has 0 saturated heterocycles. The van der Waals surface area contributed by atoms with Crippen LogP contribution in [0.25, 0.3) is 11.0 Å². The number of carbonyl (C=O) groups excluding carboxylic acids is 1. The molecule has 0 bridgehead atoms. The average molecular weight is 309 g/mol. The van der Waals surface area contributed by atoms with Crippen molar-refractivity contribution in [2.45, 2.75) is 6.92 Å². The molecule has 0 N–H and O–H groups in total. The molecular formula is C18H19N3O2. The van der Waals surface area contributed by atoms with Crippen LogP contribution in [0.3, 0.4) is 0 Å². The first-order chi connectivity index (χ1) is 11.0. The molecule has 0 atom stereocenters. The second-order valence-electron chi connectivity index (χ2n) is 5.49. The van der Waals surface area contributed by atoms with Crippen LogP contribution in [0.2, 0.25) is 0 Å². The monoisotopic (exact) mass is 309 g/mol. The van der Waals surface area contributed by atoms with E-state index in [0.717, 1.165) is 28.3 Å². The highest BCUT2D eigenvalue weighted by atomic mass is 16.5. The van der Waals surface area contributed by atoms with Gasteiger partial charge in [0.15, 0.2) is 0 Å². The number of benzene rings is 2. The van der Waals surface area contributed by atoms with Gasteiger partial charge in [0.05, 0.1) is 18.1 Å². The molecule has 0 aliphatic heterocycles. The van der Waals surface area contributed by atoms with Crippen LogP contribution in [0.1, 0.15) is 16.2 Å². The van der Waals surface area contributed by atoms with Crippen molar-refractivity contribution in [1.29, 1.82) is 0 Å². The third kappa shape index (κ3) is 2.65. The Hall–Kier alpha value is -2.82. The highest BCUT2D eigenvalue weighted by Crippen LogP contribution is 2.23. The van der Waals surface area contributed by atoms with Gasteiger partial charge in [-0.05, 0) is 37.3 Å². The number of carbonyl (C=O) groups is 1. The molecule has 0 saturated carbocycles. The molecule has 5 heteroatoms. The highest BCUT2D eigenvalue weighted by Gasteiger charge is 2.15. The van der Waals surface area contributed by atoms with E-state index in [1.165, 1.54) is 0 Å². The van der Waals surface area contributed by atoms with E-state index in [0.29, 0.717) is 5.56 Å². The Morgan fingerprint density at radius 3 is 2.74 bits per heavy atom. The zero-order valence-electron chi connectivity index (χ0n) is 13.7. The Morgan fingerprint density at radius 2 is 2.00 bits per heavy atom. The van der Waals surface area contributed by atoms with Crippen LogP contribution in [0.5, 0.6) is 5.75 Å². The number of imidazole rings is 1. The number of rotatable bonds is 3. The third-order valence-corrected chi connectivity index (χ3v) is 4.10. The molecule has 2 aromatic carbocycles. The van der Waals surface area contributed by atoms with Crippen molar-refractivity contribution in [3.63, 3.8) is 0 Å². The van der Waals surface area contributed by atoms with Crippen molar-refractivity contribution in [3.05, 3.63) is 53.9 Å². The molecule has 0 aliphatic rings. The van der Waals surface area contributed by atoms with Crippen molar-refractivity contribution in [2.75, 3.05) is 19.1 Å². The SMILES string of the molecule is COc1cccc(N(C)C(=O)c2ccc3c(c2)nc(C)n3C)c1. The second-order valence-corrected chi connectivity index (χ2v) is 5.49. The third-order valence-electron chi connectivity index (χ3n) is 4.10. The molecule has 118 valence electrons. The highest BCUT2D eigenvalue weighted by molar-refractivity contribution is 6.07. The molecule has 1 amide bonds. The van der Waals surface area contributed by atoms with Gasteiger partial charge in [0.25, 0.3) is 5.91 Å². The molecule has 0 radical (unpaired) electrons. The van der Waals surface area contributed by atoms with Gasteiger partial charge < -0.3 is 14.2 Å². The summed E-state index contributed by atoms with van der Waals surface area (Å²) in [6.07, 6.45) is 0. The predicted octanol–water partition coefficient (Wildman–Crippen LogP) is 3.17. The van der Waals surface area contributed by atoms with Gasteiger partial charge in [-0.3, -0.25) is 4.79 Å². The van der Waals surface area contributed by atoms with Gasteiger partial charge >= 0.3 is 0 Å². The van der Waals surface area contributed by atoms with Crippen LogP contribution >= 0.6 is 0 Å². The first-order valence-electron chi connectivity index (χ1n) is 7.36. The number of hydrogen-bond donors (Lipinski definition) is 0. The van der Waals surface area contributed by atoms with Crippen molar-refractivity contribution >= 4 is 22.6 Å². The number of anilines is 1. The van der Waals surface area contributed by atoms with Crippen LogP contribution in [0.4, 0.5) is 5.69 Å². The summed E-state index contributed by atoms with van der Waals surface area (Å²) < 4.78 is 7.22. The molecule has 3 aromatic rings. The summed E-state index contributed by atoms with van der Waals surface area (Å²) >= 11 is 0. The summed E-state index contributed by atoms with van der Waals surface area (Å²) in [5.74, 6) is 1.56. The minimum Gasteiger partial charge on any atom is -0.497 e. The molecule has 3 rings (SSSR count). The molecule has 23 heavy (non-hydrogen) atoms. The van der Waals surface area contributed by atoms with Crippen LogP contribution < -0.4 is 9.64 Å². The minimum absolute atomic E-state index is 0.0801. The smallest absolute Gasteiger partial charge is 0.258 e. The Morgan fingerprint density at radius 1 is 1.22 bits per heavy atom. The molecule has 1 heterocycles. The molecule has 0 fully saturated rings. The average Bonchev–Trinajstić information content (AvgIpc) is 2.87. The van der Waals surface area contributed by atoms with Crippen molar-refractivity contribution in [2.24, 2.45) is 7.05 Å². The zero-order chi connectivity index (χ0) is 16.6. The number of fused-ring (bicyclic) bond motifs is 1. The fraction of sp³-hybridized carbons (Fsp3) is 0.222. The molecule has 5 nitrogen and oxygen atoms in total. The fourth-order valence-corrected chi connectivity index (χ4v) is 2.58. The maximum absolute atomic E-state index is 12.7. The molecular weight excluding hydrogens is 290 g/mol. The second kappa shape index (κ2) is 5.76. The lowest BCUT2D eigenvalue weighted by molar-refractivity contribution is 0.0993. The van der Waals surface area contributed by atoms with Crippen LogP contribution in [0, 0.1) is 6.92 Å². The van der Waals surface area contributed by atoms with E-state index in [-0.39, 0.29) is 5.91 Å². The van der Waals surface area contributed by atoms with Crippen LogP contribution in [-0.4, -0.2) is 29.6 Å². The van der Waals surface area contributed by atoms with Crippen molar-refractivity contribution in [3.8, 4) is 5.75 Å². The minimum atomic E-state index is -0.0801. The van der Waals surface area contributed by atoms with Gasteiger partial charge in [0, 0.05) is 31.4 Å². The van der Waals surface area contributed by atoms with E-state index in [4.69, 9.17) is 4.74 Å². The number of nitrogens with zero attached hydrogens (tertiary/aromatic N) is 3. The summed E-state index contributed by atoms with van der Waals surface area (Å²) in [4.78, 5) is 18.8. The number of aryl methyl sites for hydroxylation is 2. The predicted molar refractivity (Wildman–Crippen MR) is 91.2 cm³/mol. The van der Waals surface area contributed by atoms with E-state index in [1.54, 1.807) is 19.1 Å². The summed E-state index contributed by atoms with van der Waals surface area (Å²) in [5, 5.41) is 0. The Kier molecular flexibility index (Phi) is 3.78. The summed E-state index contributed by atoms with van der Waals surface area (Å²) in [5.41, 5.74) is 3.24. The maximum atomic E-state index is 12.7. The Balaban J connectivity index is 1.95. The molecule has 0 unspecified atom stereocenters. The Bertz CT molecular complexity index is 883. The van der Waals surface area contributed by atoms with Crippen molar-refractivity contribution in [1.82, 2.24) is 9.55 Å². The lowest BCUT2D eigenvalue weighted by atomic mass is 10.1.